The third kappa shape index (κ3) is 4.98. The summed E-state index contributed by atoms with van der Waals surface area (Å²) in [6.45, 7) is 4.45. The minimum Gasteiger partial charge on any atom is -0.486 e. The van der Waals surface area contributed by atoms with Gasteiger partial charge in [0.2, 0.25) is 5.91 Å². The average molecular weight is 519 g/mol. The molecular formula is C24H21Cl2FN4O4. The summed E-state index contributed by atoms with van der Waals surface area (Å²) in [6, 6.07) is 6.52. The maximum Gasteiger partial charge on any atom is 0.243 e. The molecule has 2 aromatic carbocycles. The molecule has 0 spiro atoms. The number of ether oxygens (including phenoxy) is 3. The average Bonchev–Trinajstić information content (AvgIpc) is 2.80. The Kier molecular flexibility index (Phi) is 6.64. The second-order valence-electron chi connectivity index (χ2n) is 8.28. The van der Waals surface area contributed by atoms with Gasteiger partial charge >= 0.3 is 0 Å². The number of anilines is 2. The highest BCUT2D eigenvalue weighted by atomic mass is 35.5. The Balaban J connectivity index is 1.44. The molecule has 1 aliphatic heterocycles. The van der Waals surface area contributed by atoms with Crippen molar-refractivity contribution in [3.63, 3.8) is 0 Å². The SMILES string of the molecule is C=CC(=O)NC1CC(Oc2cc3c(Nc4ccc(Cl)c(Cl)c4F)ncnc3cc2OC2COC2)C1. The van der Waals surface area contributed by atoms with Gasteiger partial charge in [-0.2, -0.15) is 0 Å². The topological polar surface area (TPSA) is 94.6 Å². The van der Waals surface area contributed by atoms with Gasteiger partial charge in [0.15, 0.2) is 17.3 Å². The van der Waals surface area contributed by atoms with Crippen LogP contribution in [-0.2, 0) is 9.53 Å². The number of fused-ring (bicyclic) bond motifs is 1. The van der Waals surface area contributed by atoms with Crippen molar-refractivity contribution < 1.29 is 23.4 Å². The van der Waals surface area contributed by atoms with Crippen molar-refractivity contribution in [1.82, 2.24) is 15.3 Å². The van der Waals surface area contributed by atoms with E-state index in [1.54, 1.807) is 12.1 Å². The molecule has 0 atom stereocenters. The number of amides is 1. The standard InChI is InChI=1S/C24H21Cl2FN4O4/c1-2-21(32)30-12-5-13(6-12)34-19-7-15-18(8-20(19)35-14-9-33-10-14)28-11-29-24(15)31-17-4-3-16(25)22(26)23(17)27/h2-4,7-8,11-14H,1,5-6,9-10H2,(H,30,32)(H,28,29,31). The van der Waals surface area contributed by atoms with Gasteiger partial charge in [-0.15, -0.1) is 0 Å². The zero-order valence-corrected chi connectivity index (χ0v) is 19.9. The van der Waals surface area contributed by atoms with Crippen LogP contribution in [0.15, 0.2) is 43.2 Å². The van der Waals surface area contributed by atoms with Crippen LogP contribution < -0.4 is 20.1 Å². The number of aromatic nitrogens is 2. The molecule has 35 heavy (non-hydrogen) atoms. The molecule has 1 aromatic heterocycles. The highest BCUT2D eigenvalue weighted by Gasteiger charge is 2.33. The summed E-state index contributed by atoms with van der Waals surface area (Å²) in [6.07, 6.45) is 3.71. The molecule has 1 saturated heterocycles. The number of rotatable bonds is 8. The van der Waals surface area contributed by atoms with Crippen LogP contribution in [0.3, 0.4) is 0 Å². The molecule has 5 rings (SSSR count). The fraction of sp³-hybridized carbons (Fsp3) is 0.292. The van der Waals surface area contributed by atoms with Gasteiger partial charge in [0.25, 0.3) is 0 Å². The summed E-state index contributed by atoms with van der Waals surface area (Å²) in [5.74, 6) is 0.482. The van der Waals surface area contributed by atoms with Gasteiger partial charge in [-0.3, -0.25) is 4.79 Å². The molecule has 8 nitrogen and oxygen atoms in total. The summed E-state index contributed by atoms with van der Waals surface area (Å²) in [5, 5.41) is 6.36. The van der Waals surface area contributed by atoms with Crippen LogP contribution in [0.2, 0.25) is 10.0 Å². The zero-order chi connectivity index (χ0) is 24.5. The van der Waals surface area contributed by atoms with E-state index in [4.69, 9.17) is 37.4 Å². The van der Waals surface area contributed by atoms with Crippen molar-refractivity contribution in [2.45, 2.75) is 31.1 Å². The van der Waals surface area contributed by atoms with Gasteiger partial charge in [0.05, 0.1) is 34.5 Å². The maximum absolute atomic E-state index is 14.6. The van der Waals surface area contributed by atoms with E-state index in [-0.39, 0.29) is 39.9 Å². The number of halogens is 3. The van der Waals surface area contributed by atoms with Gasteiger partial charge in [0.1, 0.15) is 24.4 Å². The van der Waals surface area contributed by atoms with E-state index >= 15 is 0 Å². The van der Waals surface area contributed by atoms with E-state index in [1.807, 2.05) is 0 Å². The lowest BCUT2D eigenvalue weighted by Crippen LogP contribution is -2.48. The van der Waals surface area contributed by atoms with Crippen LogP contribution in [0.25, 0.3) is 10.9 Å². The van der Waals surface area contributed by atoms with Crippen LogP contribution in [-0.4, -0.2) is 47.3 Å². The monoisotopic (exact) mass is 518 g/mol. The summed E-state index contributed by atoms with van der Waals surface area (Å²) < 4.78 is 32.2. The van der Waals surface area contributed by atoms with E-state index in [0.29, 0.717) is 54.3 Å². The number of benzene rings is 2. The molecule has 182 valence electrons. The predicted octanol–water partition coefficient (Wildman–Crippen LogP) is 4.81. The molecule has 0 bridgehead atoms. The summed E-state index contributed by atoms with van der Waals surface area (Å²) in [5.41, 5.74) is 0.698. The third-order valence-corrected chi connectivity index (χ3v) is 6.59. The molecule has 11 heteroatoms. The first kappa shape index (κ1) is 23.6. The van der Waals surface area contributed by atoms with Gasteiger partial charge in [0, 0.05) is 30.3 Å². The Labute approximate surface area is 210 Å². The van der Waals surface area contributed by atoms with Crippen LogP contribution in [0.1, 0.15) is 12.8 Å². The molecule has 2 N–H and O–H groups in total. The zero-order valence-electron chi connectivity index (χ0n) is 18.4. The minimum absolute atomic E-state index is 0.0218. The lowest BCUT2D eigenvalue weighted by atomic mass is 9.89. The Morgan fingerprint density at radius 2 is 1.89 bits per heavy atom. The fourth-order valence-corrected chi connectivity index (χ4v) is 4.09. The van der Waals surface area contributed by atoms with Crippen molar-refractivity contribution in [1.29, 1.82) is 0 Å². The lowest BCUT2D eigenvalue weighted by Gasteiger charge is -2.36. The molecule has 0 radical (unpaired) electrons. The summed E-state index contributed by atoms with van der Waals surface area (Å²) in [4.78, 5) is 20.2. The molecule has 2 fully saturated rings. The number of carbonyl (C=O) groups excluding carboxylic acids is 1. The van der Waals surface area contributed by atoms with E-state index < -0.39 is 5.82 Å². The largest absolute Gasteiger partial charge is 0.486 e. The molecule has 1 aliphatic carbocycles. The minimum atomic E-state index is -0.686. The fourth-order valence-electron chi connectivity index (χ4n) is 3.78. The maximum atomic E-state index is 14.6. The number of nitrogens with one attached hydrogen (secondary N) is 2. The molecule has 2 aliphatic rings. The molecular weight excluding hydrogens is 498 g/mol. The second kappa shape index (κ2) is 9.85. The molecule has 2 heterocycles. The van der Waals surface area contributed by atoms with Crippen molar-refractivity contribution in [2.24, 2.45) is 0 Å². The highest BCUT2D eigenvalue weighted by molar-refractivity contribution is 6.42. The second-order valence-corrected chi connectivity index (χ2v) is 9.07. The first-order chi connectivity index (χ1) is 16.9. The van der Waals surface area contributed by atoms with Crippen LogP contribution in [0.4, 0.5) is 15.9 Å². The van der Waals surface area contributed by atoms with E-state index in [2.05, 4.69) is 27.2 Å². The van der Waals surface area contributed by atoms with Gasteiger partial charge in [-0.25, -0.2) is 14.4 Å². The van der Waals surface area contributed by atoms with Crippen molar-refractivity contribution in [3.05, 3.63) is 59.1 Å². The smallest absolute Gasteiger partial charge is 0.243 e. The van der Waals surface area contributed by atoms with Crippen molar-refractivity contribution in [2.75, 3.05) is 18.5 Å². The summed E-state index contributed by atoms with van der Waals surface area (Å²) >= 11 is 11.9. The molecule has 1 saturated carbocycles. The normalized spacial score (nSPS) is 19.4. The van der Waals surface area contributed by atoms with Gasteiger partial charge in [-0.1, -0.05) is 29.8 Å². The summed E-state index contributed by atoms with van der Waals surface area (Å²) in [7, 11) is 0. The first-order valence-electron chi connectivity index (χ1n) is 10.9. The lowest BCUT2D eigenvalue weighted by molar-refractivity contribution is -0.118. The number of carbonyl (C=O) groups is 1. The Hall–Kier alpha value is -3.14. The van der Waals surface area contributed by atoms with Crippen molar-refractivity contribution in [3.8, 4) is 11.5 Å². The van der Waals surface area contributed by atoms with E-state index in [0.717, 1.165) is 0 Å². The number of hydrogen-bond acceptors (Lipinski definition) is 7. The van der Waals surface area contributed by atoms with Crippen LogP contribution in [0.5, 0.6) is 11.5 Å². The highest BCUT2D eigenvalue weighted by Crippen LogP contribution is 2.39. The van der Waals surface area contributed by atoms with E-state index in [9.17, 15) is 9.18 Å². The Bertz CT molecular complexity index is 1300. The van der Waals surface area contributed by atoms with Gasteiger partial charge in [-0.05, 0) is 24.3 Å². The number of nitrogens with zero attached hydrogens (tertiary/aromatic N) is 2. The quantitative estimate of drug-likeness (QED) is 0.326. The predicted molar refractivity (Wildman–Crippen MR) is 130 cm³/mol. The Morgan fingerprint density at radius 3 is 2.60 bits per heavy atom. The van der Waals surface area contributed by atoms with Crippen molar-refractivity contribution >= 4 is 51.5 Å². The van der Waals surface area contributed by atoms with Crippen LogP contribution >= 0.6 is 23.2 Å². The molecule has 1 amide bonds. The molecule has 0 unspecified atom stereocenters. The number of hydrogen-bond donors (Lipinski definition) is 2. The first-order valence-corrected chi connectivity index (χ1v) is 11.7. The van der Waals surface area contributed by atoms with Gasteiger partial charge < -0.3 is 24.8 Å². The molecule has 3 aromatic rings. The van der Waals surface area contributed by atoms with Crippen LogP contribution in [0, 0.1) is 5.82 Å². The third-order valence-electron chi connectivity index (χ3n) is 5.81. The Morgan fingerprint density at radius 1 is 1.14 bits per heavy atom. The van der Waals surface area contributed by atoms with E-state index in [1.165, 1.54) is 24.5 Å².